The summed E-state index contributed by atoms with van der Waals surface area (Å²) in [5.74, 6) is 7.41. The Morgan fingerprint density at radius 1 is 1.44 bits per heavy atom. The zero-order chi connectivity index (χ0) is 12.0. The zero-order valence-corrected chi connectivity index (χ0v) is 10.9. The molecular weight excluding hydrogens is 220 g/mol. The van der Waals surface area contributed by atoms with Crippen molar-refractivity contribution < 1.29 is 4.74 Å². The SMILES string of the molecule is COc1cccc(C(CSC(C)C)NN)c1. The van der Waals surface area contributed by atoms with Gasteiger partial charge in [-0.25, -0.2) is 0 Å². The summed E-state index contributed by atoms with van der Waals surface area (Å²) in [5, 5.41) is 0.612. The number of nitrogens with two attached hydrogens (primary N) is 1. The molecule has 1 aromatic carbocycles. The maximum atomic E-state index is 5.58. The predicted octanol–water partition coefficient (Wildman–Crippen LogP) is 2.34. The van der Waals surface area contributed by atoms with Gasteiger partial charge in [0, 0.05) is 5.75 Å². The lowest BCUT2D eigenvalue weighted by atomic mass is 10.1. The molecule has 0 radical (unpaired) electrons. The number of hydrogen-bond acceptors (Lipinski definition) is 4. The summed E-state index contributed by atoms with van der Waals surface area (Å²) in [6, 6.07) is 8.17. The molecule has 1 rings (SSSR count). The molecule has 16 heavy (non-hydrogen) atoms. The van der Waals surface area contributed by atoms with Gasteiger partial charge in [0.15, 0.2) is 0 Å². The summed E-state index contributed by atoms with van der Waals surface area (Å²) in [4.78, 5) is 0. The van der Waals surface area contributed by atoms with E-state index in [-0.39, 0.29) is 6.04 Å². The smallest absolute Gasteiger partial charge is 0.119 e. The van der Waals surface area contributed by atoms with Gasteiger partial charge in [-0.05, 0) is 22.9 Å². The Hall–Kier alpha value is -0.710. The fourth-order valence-corrected chi connectivity index (χ4v) is 2.25. The van der Waals surface area contributed by atoms with E-state index in [1.165, 1.54) is 0 Å². The van der Waals surface area contributed by atoms with Gasteiger partial charge >= 0.3 is 0 Å². The summed E-state index contributed by atoms with van der Waals surface area (Å²) in [6.07, 6.45) is 0. The Morgan fingerprint density at radius 2 is 2.19 bits per heavy atom. The van der Waals surface area contributed by atoms with Crippen LogP contribution in [0.25, 0.3) is 0 Å². The van der Waals surface area contributed by atoms with E-state index in [0.717, 1.165) is 17.1 Å². The number of hydrazine groups is 1. The first kappa shape index (κ1) is 13.4. The Kier molecular flexibility index (Phi) is 5.66. The van der Waals surface area contributed by atoms with Crippen molar-refractivity contribution in [1.29, 1.82) is 0 Å². The van der Waals surface area contributed by atoms with Crippen molar-refractivity contribution in [3.8, 4) is 5.75 Å². The average Bonchev–Trinajstić information content (AvgIpc) is 2.30. The Balaban J connectivity index is 2.70. The minimum Gasteiger partial charge on any atom is -0.497 e. The monoisotopic (exact) mass is 240 g/mol. The zero-order valence-electron chi connectivity index (χ0n) is 10.1. The van der Waals surface area contributed by atoms with Crippen LogP contribution in [0.5, 0.6) is 5.75 Å². The standard InChI is InChI=1S/C12H20N2OS/c1-9(2)16-8-12(14-13)10-5-4-6-11(7-10)15-3/h4-7,9,12,14H,8,13H2,1-3H3. The molecular formula is C12H20N2OS. The normalized spacial score (nSPS) is 12.8. The molecule has 0 heterocycles. The van der Waals surface area contributed by atoms with Crippen LogP contribution in [-0.4, -0.2) is 18.1 Å². The Bertz CT molecular complexity index is 318. The van der Waals surface area contributed by atoms with Gasteiger partial charge in [0.05, 0.1) is 13.2 Å². The van der Waals surface area contributed by atoms with E-state index in [1.54, 1.807) is 7.11 Å². The molecule has 4 heteroatoms. The van der Waals surface area contributed by atoms with Gasteiger partial charge in [-0.3, -0.25) is 11.3 Å². The van der Waals surface area contributed by atoms with Crippen molar-refractivity contribution in [3.05, 3.63) is 29.8 Å². The second-order valence-electron chi connectivity index (χ2n) is 3.88. The van der Waals surface area contributed by atoms with E-state index in [2.05, 4.69) is 25.3 Å². The van der Waals surface area contributed by atoms with Crippen LogP contribution >= 0.6 is 11.8 Å². The third-order valence-electron chi connectivity index (χ3n) is 2.29. The van der Waals surface area contributed by atoms with E-state index in [1.807, 2.05) is 30.0 Å². The van der Waals surface area contributed by atoms with E-state index in [4.69, 9.17) is 10.6 Å². The average molecular weight is 240 g/mol. The van der Waals surface area contributed by atoms with Gasteiger partial charge in [0.1, 0.15) is 5.75 Å². The third-order valence-corrected chi connectivity index (χ3v) is 3.49. The van der Waals surface area contributed by atoms with Crippen molar-refractivity contribution in [2.45, 2.75) is 25.1 Å². The first-order chi connectivity index (χ1) is 7.67. The molecule has 0 aliphatic carbocycles. The summed E-state index contributed by atoms with van der Waals surface area (Å²) >= 11 is 1.89. The van der Waals surface area contributed by atoms with Crippen LogP contribution in [0.4, 0.5) is 0 Å². The van der Waals surface area contributed by atoms with Gasteiger partial charge in [-0.15, -0.1) is 0 Å². The van der Waals surface area contributed by atoms with Gasteiger partial charge < -0.3 is 4.74 Å². The topological polar surface area (TPSA) is 47.3 Å². The molecule has 0 aliphatic heterocycles. The Labute approximate surface area is 102 Å². The number of rotatable bonds is 6. The highest BCUT2D eigenvalue weighted by molar-refractivity contribution is 7.99. The highest BCUT2D eigenvalue weighted by Crippen LogP contribution is 2.23. The number of benzene rings is 1. The molecule has 0 saturated heterocycles. The minimum absolute atomic E-state index is 0.169. The van der Waals surface area contributed by atoms with Gasteiger partial charge in [0.2, 0.25) is 0 Å². The van der Waals surface area contributed by atoms with Gasteiger partial charge in [-0.2, -0.15) is 11.8 Å². The van der Waals surface area contributed by atoms with Crippen molar-refractivity contribution in [3.63, 3.8) is 0 Å². The van der Waals surface area contributed by atoms with Crippen LogP contribution in [0.3, 0.4) is 0 Å². The molecule has 0 spiro atoms. The van der Waals surface area contributed by atoms with Crippen LogP contribution in [0, 0.1) is 0 Å². The molecule has 0 aromatic heterocycles. The van der Waals surface area contributed by atoms with Crippen molar-refractivity contribution in [2.75, 3.05) is 12.9 Å². The first-order valence-corrected chi connectivity index (χ1v) is 6.44. The van der Waals surface area contributed by atoms with Crippen molar-refractivity contribution >= 4 is 11.8 Å². The highest BCUT2D eigenvalue weighted by Gasteiger charge is 2.11. The lowest BCUT2D eigenvalue weighted by Gasteiger charge is -2.17. The molecule has 0 amide bonds. The largest absolute Gasteiger partial charge is 0.497 e. The molecule has 1 unspecified atom stereocenters. The molecule has 0 bridgehead atoms. The fourth-order valence-electron chi connectivity index (χ4n) is 1.39. The maximum absolute atomic E-state index is 5.58. The molecule has 1 aromatic rings. The lowest BCUT2D eigenvalue weighted by Crippen LogP contribution is -2.30. The molecule has 3 nitrogen and oxygen atoms in total. The van der Waals surface area contributed by atoms with Crippen molar-refractivity contribution in [2.24, 2.45) is 5.84 Å². The van der Waals surface area contributed by atoms with Crippen LogP contribution in [-0.2, 0) is 0 Å². The van der Waals surface area contributed by atoms with E-state index in [0.29, 0.717) is 5.25 Å². The lowest BCUT2D eigenvalue weighted by molar-refractivity contribution is 0.413. The van der Waals surface area contributed by atoms with Gasteiger partial charge in [-0.1, -0.05) is 26.0 Å². The maximum Gasteiger partial charge on any atom is 0.119 e. The molecule has 1 atom stereocenters. The summed E-state index contributed by atoms with van der Waals surface area (Å²) in [5.41, 5.74) is 4.01. The summed E-state index contributed by atoms with van der Waals surface area (Å²) < 4.78 is 5.20. The Morgan fingerprint density at radius 3 is 2.75 bits per heavy atom. The second kappa shape index (κ2) is 6.78. The van der Waals surface area contributed by atoms with Crippen LogP contribution in [0.15, 0.2) is 24.3 Å². The van der Waals surface area contributed by atoms with E-state index < -0.39 is 0 Å². The van der Waals surface area contributed by atoms with E-state index >= 15 is 0 Å². The fraction of sp³-hybridized carbons (Fsp3) is 0.500. The molecule has 3 N–H and O–H groups in total. The van der Waals surface area contributed by atoms with Crippen LogP contribution in [0.1, 0.15) is 25.5 Å². The number of nitrogens with one attached hydrogen (secondary N) is 1. The highest BCUT2D eigenvalue weighted by atomic mass is 32.2. The molecule has 0 fully saturated rings. The predicted molar refractivity (Wildman–Crippen MR) is 70.7 cm³/mol. The molecule has 0 aliphatic rings. The second-order valence-corrected chi connectivity index (χ2v) is 5.49. The number of hydrogen-bond donors (Lipinski definition) is 2. The van der Waals surface area contributed by atoms with Gasteiger partial charge in [0.25, 0.3) is 0 Å². The van der Waals surface area contributed by atoms with Crippen molar-refractivity contribution in [1.82, 2.24) is 5.43 Å². The van der Waals surface area contributed by atoms with E-state index in [9.17, 15) is 0 Å². The molecule has 0 saturated carbocycles. The first-order valence-electron chi connectivity index (χ1n) is 5.39. The number of ether oxygens (including phenoxy) is 1. The summed E-state index contributed by atoms with van der Waals surface area (Å²) in [7, 11) is 1.67. The minimum atomic E-state index is 0.169. The quantitative estimate of drug-likeness (QED) is 0.592. The number of methoxy groups -OCH3 is 1. The van der Waals surface area contributed by atoms with Crippen LogP contribution < -0.4 is 16.0 Å². The molecule has 90 valence electrons. The van der Waals surface area contributed by atoms with Crippen LogP contribution in [0.2, 0.25) is 0 Å². The third kappa shape index (κ3) is 4.04. The summed E-state index contributed by atoms with van der Waals surface area (Å²) in [6.45, 7) is 4.37. The number of thioether (sulfide) groups is 1.